The van der Waals surface area contributed by atoms with E-state index < -0.39 is 35.8 Å². The van der Waals surface area contributed by atoms with Gasteiger partial charge in [0.25, 0.3) is 11.8 Å². The molecular formula is C20H20N4O6S. The molecule has 3 heterocycles. The molecule has 1 saturated heterocycles. The number of thiophene rings is 1. The molecule has 0 bridgehead atoms. The standard InChI is InChI=1S/C20H20N4O6S/c1-20(11-3-4-13-14(9-11)30-7-2-6-29-13)18(27)24(19(28)23-20)10-15(25)22-17-12(16(21)26)5-8-31-17/h3-5,8-9H,2,6-7,10H2,1H3,(H2,21,26)(H,22,25)(H,23,28). The summed E-state index contributed by atoms with van der Waals surface area (Å²) < 4.78 is 11.3. The summed E-state index contributed by atoms with van der Waals surface area (Å²) >= 11 is 1.11. The average Bonchev–Trinajstić information content (AvgIpc) is 3.16. The predicted octanol–water partition coefficient (Wildman–Crippen LogP) is 1.41. The van der Waals surface area contributed by atoms with Crippen LogP contribution in [0.5, 0.6) is 11.5 Å². The lowest BCUT2D eigenvalue weighted by Crippen LogP contribution is -2.42. The van der Waals surface area contributed by atoms with Crippen molar-refractivity contribution in [2.75, 3.05) is 25.1 Å². The van der Waals surface area contributed by atoms with Crippen molar-refractivity contribution >= 4 is 40.1 Å². The van der Waals surface area contributed by atoms with Gasteiger partial charge in [-0.3, -0.25) is 19.3 Å². The van der Waals surface area contributed by atoms with Gasteiger partial charge in [0, 0.05) is 6.42 Å². The lowest BCUT2D eigenvalue weighted by molar-refractivity contribution is -0.133. The van der Waals surface area contributed by atoms with Crippen molar-refractivity contribution < 1.29 is 28.7 Å². The molecule has 1 unspecified atom stereocenters. The number of rotatable bonds is 5. The fourth-order valence-corrected chi connectivity index (χ4v) is 4.23. The molecule has 5 amide bonds. The third kappa shape index (κ3) is 3.79. The van der Waals surface area contributed by atoms with Crippen LogP contribution in [0.2, 0.25) is 0 Å². The van der Waals surface area contributed by atoms with Gasteiger partial charge in [-0.2, -0.15) is 0 Å². The van der Waals surface area contributed by atoms with Gasteiger partial charge in [0.05, 0.1) is 18.8 Å². The zero-order chi connectivity index (χ0) is 22.2. The van der Waals surface area contributed by atoms with E-state index in [1.165, 1.54) is 6.07 Å². The van der Waals surface area contributed by atoms with E-state index >= 15 is 0 Å². The number of urea groups is 1. The van der Waals surface area contributed by atoms with Gasteiger partial charge in [0.15, 0.2) is 11.5 Å². The molecule has 2 aliphatic rings. The van der Waals surface area contributed by atoms with Gasteiger partial charge in [-0.05, 0) is 36.1 Å². The monoisotopic (exact) mass is 444 g/mol. The summed E-state index contributed by atoms with van der Waals surface area (Å²) in [6.07, 6.45) is 0.738. The Morgan fingerprint density at radius 1 is 1.23 bits per heavy atom. The maximum Gasteiger partial charge on any atom is 0.325 e. The first-order chi connectivity index (χ1) is 14.8. The summed E-state index contributed by atoms with van der Waals surface area (Å²) in [6.45, 7) is 2.06. The van der Waals surface area contributed by atoms with Crippen LogP contribution < -0.4 is 25.8 Å². The number of hydrogen-bond donors (Lipinski definition) is 3. The molecule has 1 fully saturated rings. The van der Waals surface area contributed by atoms with Crippen LogP contribution >= 0.6 is 11.3 Å². The average molecular weight is 444 g/mol. The van der Waals surface area contributed by atoms with Gasteiger partial charge in [-0.1, -0.05) is 6.07 Å². The number of nitrogens with two attached hydrogens (primary N) is 1. The second-order valence-electron chi connectivity index (χ2n) is 7.23. The molecule has 4 N–H and O–H groups in total. The van der Waals surface area contributed by atoms with Crippen molar-refractivity contribution in [2.24, 2.45) is 5.73 Å². The molecule has 1 aromatic carbocycles. The molecule has 0 saturated carbocycles. The Balaban J connectivity index is 1.52. The Morgan fingerprint density at radius 2 is 1.97 bits per heavy atom. The van der Waals surface area contributed by atoms with Crippen molar-refractivity contribution in [3.8, 4) is 11.5 Å². The minimum absolute atomic E-state index is 0.160. The molecule has 4 rings (SSSR count). The van der Waals surface area contributed by atoms with Crippen molar-refractivity contribution in [3.05, 3.63) is 40.8 Å². The maximum absolute atomic E-state index is 13.1. The Morgan fingerprint density at radius 3 is 2.71 bits per heavy atom. The van der Waals surface area contributed by atoms with E-state index in [1.54, 1.807) is 30.5 Å². The second kappa shape index (κ2) is 7.91. The van der Waals surface area contributed by atoms with E-state index in [2.05, 4.69) is 10.6 Å². The predicted molar refractivity (Wildman–Crippen MR) is 111 cm³/mol. The number of benzene rings is 1. The lowest BCUT2D eigenvalue weighted by Gasteiger charge is -2.23. The summed E-state index contributed by atoms with van der Waals surface area (Å²) in [5, 5.41) is 7.04. The molecule has 162 valence electrons. The molecule has 1 atom stereocenters. The van der Waals surface area contributed by atoms with Gasteiger partial charge < -0.3 is 25.8 Å². The van der Waals surface area contributed by atoms with Crippen LogP contribution in [0, 0.1) is 0 Å². The van der Waals surface area contributed by atoms with E-state index in [4.69, 9.17) is 15.2 Å². The SMILES string of the molecule is CC1(c2ccc3c(c2)OCCCO3)NC(=O)N(CC(=O)Nc2sccc2C(N)=O)C1=O. The van der Waals surface area contributed by atoms with Crippen molar-refractivity contribution in [3.63, 3.8) is 0 Å². The van der Waals surface area contributed by atoms with E-state index in [1.807, 2.05) is 0 Å². The number of ether oxygens (including phenoxy) is 2. The smallest absolute Gasteiger partial charge is 0.325 e. The Labute approximate surface area is 181 Å². The molecule has 0 spiro atoms. The van der Waals surface area contributed by atoms with E-state index in [9.17, 15) is 19.2 Å². The summed E-state index contributed by atoms with van der Waals surface area (Å²) in [7, 11) is 0. The van der Waals surface area contributed by atoms with Crippen LogP contribution in [0.4, 0.5) is 9.80 Å². The highest BCUT2D eigenvalue weighted by Crippen LogP contribution is 2.36. The summed E-state index contributed by atoms with van der Waals surface area (Å²) in [5.74, 6) is -0.835. The second-order valence-corrected chi connectivity index (χ2v) is 8.15. The zero-order valence-electron chi connectivity index (χ0n) is 16.6. The van der Waals surface area contributed by atoms with Gasteiger partial charge in [0.2, 0.25) is 5.91 Å². The normalized spacial score (nSPS) is 20.2. The topological polar surface area (TPSA) is 140 Å². The summed E-state index contributed by atoms with van der Waals surface area (Å²) in [4.78, 5) is 50.3. The number of imide groups is 1. The first-order valence-corrected chi connectivity index (χ1v) is 10.4. The zero-order valence-corrected chi connectivity index (χ0v) is 17.4. The highest BCUT2D eigenvalue weighted by Gasteiger charge is 2.49. The van der Waals surface area contributed by atoms with E-state index in [0.717, 1.165) is 22.7 Å². The third-order valence-corrected chi connectivity index (χ3v) is 5.92. The fourth-order valence-electron chi connectivity index (χ4n) is 3.42. The Hall–Kier alpha value is -3.60. The van der Waals surface area contributed by atoms with Crippen LogP contribution in [0.15, 0.2) is 29.6 Å². The number of primary amides is 1. The minimum atomic E-state index is -1.37. The quantitative estimate of drug-likeness (QED) is 0.596. The van der Waals surface area contributed by atoms with E-state index in [0.29, 0.717) is 30.3 Å². The van der Waals surface area contributed by atoms with Gasteiger partial charge in [0.1, 0.15) is 17.1 Å². The third-order valence-electron chi connectivity index (χ3n) is 5.09. The summed E-state index contributed by atoms with van der Waals surface area (Å²) in [5.41, 5.74) is 4.56. The number of hydrogen-bond acceptors (Lipinski definition) is 7. The number of carbonyl (C=O) groups is 4. The minimum Gasteiger partial charge on any atom is -0.490 e. The largest absolute Gasteiger partial charge is 0.490 e. The van der Waals surface area contributed by atoms with Gasteiger partial charge in [-0.15, -0.1) is 11.3 Å². The molecule has 0 aliphatic carbocycles. The van der Waals surface area contributed by atoms with Crippen LogP contribution in [0.25, 0.3) is 0 Å². The number of nitrogens with one attached hydrogen (secondary N) is 2. The molecule has 1 aromatic heterocycles. The van der Waals surface area contributed by atoms with Crippen LogP contribution in [-0.4, -0.2) is 48.4 Å². The number of carbonyl (C=O) groups excluding carboxylic acids is 4. The van der Waals surface area contributed by atoms with E-state index in [-0.39, 0.29) is 10.6 Å². The Bertz CT molecular complexity index is 1080. The number of anilines is 1. The van der Waals surface area contributed by atoms with Gasteiger partial charge in [-0.25, -0.2) is 4.79 Å². The highest BCUT2D eigenvalue weighted by molar-refractivity contribution is 7.14. The van der Waals surface area contributed by atoms with Crippen LogP contribution in [0.1, 0.15) is 29.3 Å². The lowest BCUT2D eigenvalue weighted by atomic mass is 9.91. The molecule has 2 aliphatic heterocycles. The maximum atomic E-state index is 13.1. The molecule has 11 heteroatoms. The van der Waals surface area contributed by atoms with Crippen molar-refractivity contribution in [1.82, 2.24) is 10.2 Å². The highest BCUT2D eigenvalue weighted by atomic mass is 32.1. The molecule has 2 aromatic rings. The summed E-state index contributed by atoms with van der Waals surface area (Å²) in [6, 6.07) is 5.82. The number of amides is 5. The van der Waals surface area contributed by atoms with Crippen molar-refractivity contribution in [1.29, 1.82) is 0 Å². The molecule has 10 nitrogen and oxygen atoms in total. The van der Waals surface area contributed by atoms with Crippen LogP contribution in [0.3, 0.4) is 0 Å². The first-order valence-electron chi connectivity index (χ1n) is 9.51. The van der Waals surface area contributed by atoms with Crippen LogP contribution in [-0.2, 0) is 15.1 Å². The van der Waals surface area contributed by atoms with Crippen molar-refractivity contribution in [2.45, 2.75) is 18.9 Å². The first kappa shape index (κ1) is 20.7. The number of fused-ring (bicyclic) bond motifs is 1. The fraction of sp³-hybridized carbons (Fsp3) is 0.300. The molecule has 31 heavy (non-hydrogen) atoms. The molecular weight excluding hydrogens is 424 g/mol. The molecule has 0 radical (unpaired) electrons. The van der Waals surface area contributed by atoms with Gasteiger partial charge >= 0.3 is 6.03 Å². The number of nitrogens with zero attached hydrogens (tertiary/aromatic N) is 1. The Kier molecular flexibility index (Phi) is 5.27.